The first-order chi connectivity index (χ1) is 12.6. The Kier molecular flexibility index (Phi) is 4.33. The van der Waals surface area contributed by atoms with Crippen molar-refractivity contribution in [2.24, 2.45) is 0 Å². The van der Waals surface area contributed by atoms with Gasteiger partial charge in [-0.3, -0.25) is 0 Å². The summed E-state index contributed by atoms with van der Waals surface area (Å²) in [5, 5.41) is 13.7. The Balaban J connectivity index is 1.80. The lowest BCUT2D eigenvalue weighted by atomic mass is 10.2. The highest BCUT2D eigenvalue weighted by atomic mass is 79.9. The van der Waals surface area contributed by atoms with Crippen molar-refractivity contribution in [3.63, 3.8) is 0 Å². The van der Waals surface area contributed by atoms with Crippen LogP contribution in [0.15, 0.2) is 40.9 Å². The second-order valence-corrected chi connectivity index (χ2v) is 7.13. The predicted molar refractivity (Wildman–Crippen MR) is 100 cm³/mol. The maximum absolute atomic E-state index is 13.5. The van der Waals surface area contributed by atoms with Gasteiger partial charge in [-0.05, 0) is 52.3 Å². The highest BCUT2D eigenvalue weighted by molar-refractivity contribution is 9.10. The average Bonchev–Trinajstić information content (AvgIpc) is 3.24. The molecule has 4 aromatic rings. The van der Waals surface area contributed by atoms with Gasteiger partial charge in [-0.1, -0.05) is 11.3 Å². The molecule has 0 saturated heterocycles. The van der Waals surface area contributed by atoms with E-state index >= 15 is 0 Å². The van der Waals surface area contributed by atoms with E-state index in [1.807, 2.05) is 18.2 Å². The lowest BCUT2D eigenvalue weighted by Gasteiger charge is -2.07. The smallest absolute Gasteiger partial charge is 0.235 e. The van der Waals surface area contributed by atoms with Crippen LogP contribution >= 0.6 is 27.3 Å². The van der Waals surface area contributed by atoms with E-state index in [0.717, 1.165) is 16.1 Å². The molecule has 0 radical (unpaired) electrons. The van der Waals surface area contributed by atoms with Crippen LogP contribution in [0.3, 0.4) is 0 Å². The number of benzene rings is 2. The maximum atomic E-state index is 13.5. The number of ether oxygens (including phenoxy) is 2. The molecule has 0 bridgehead atoms. The van der Waals surface area contributed by atoms with Gasteiger partial charge in [0.05, 0.1) is 18.7 Å². The summed E-state index contributed by atoms with van der Waals surface area (Å²) < 4.78 is 26.1. The molecule has 6 nitrogen and oxygen atoms in total. The van der Waals surface area contributed by atoms with Gasteiger partial charge in [0.2, 0.25) is 4.96 Å². The standard InChI is InChI=1S/C17H12BrFN4O2S/c1-24-13-6-4-10(8-14(13)25-2)16-22-23-15(20-21-17(23)26-16)9-3-5-12(19)11(18)7-9/h3-8H,1-2H3. The molecule has 0 fully saturated rings. The van der Waals surface area contributed by atoms with Gasteiger partial charge in [-0.25, -0.2) is 4.39 Å². The van der Waals surface area contributed by atoms with Gasteiger partial charge in [-0.15, -0.1) is 10.2 Å². The predicted octanol–water partition coefficient (Wildman–Crippen LogP) is 4.44. The number of hydrogen-bond donors (Lipinski definition) is 0. The van der Waals surface area contributed by atoms with Crippen molar-refractivity contribution in [2.75, 3.05) is 14.2 Å². The summed E-state index contributed by atoms with van der Waals surface area (Å²) in [6, 6.07) is 10.3. The number of halogens is 2. The fraction of sp³-hybridized carbons (Fsp3) is 0.118. The highest BCUT2D eigenvalue weighted by Gasteiger charge is 2.16. The molecule has 0 aliphatic heterocycles. The quantitative estimate of drug-likeness (QED) is 0.475. The normalized spacial score (nSPS) is 11.1. The molecule has 0 unspecified atom stereocenters. The van der Waals surface area contributed by atoms with E-state index in [4.69, 9.17) is 9.47 Å². The Morgan fingerprint density at radius 1 is 1.00 bits per heavy atom. The van der Waals surface area contributed by atoms with Gasteiger partial charge in [0, 0.05) is 11.1 Å². The molecular formula is C17H12BrFN4O2S. The van der Waals surface area contributed by atoms with E-state index in [1.54, 1.807) is 30.9 Å². The molecule has 0 saturated carbocycles. The Labute approximate surface area is 160 Å². The third kappa shape index (κ3) is 2.82. The molecule has 26 heavy (non-hydrogen) atoms. The lowest BCUT2D eigenvalue weighted by Crippen LogP contribution is -1.93. The van der Waals surface area contributed by atoms with E-state index in [1.165, 1.54) is 17.4 Å². The first kappa shape index (κ1) is 16.9. The van der Waals surface area contributed by atoms with Crippen molar-refractivity contribution in [3.8, 4) is 33.5 Å². The molecule has 0 amide bonds. The average molecular weight is 435 g/mol. The summed E-state index contributed by atoms with van der Waals surface area (Å²) in [6.45, 7) is 0. The van der Waals surface area contributed by atoms with Crippen molar-refractivity contribution in [2.45, 2.75) is 0 Å². The van der Waals surface area contributed by atoms with Crippen molar-refractivity contribution >= 4 is 32.2 Å². The van der Waals surface area contributed by atoms with E-state index in [9.17, 15) is 4.39 Å². The molecule has 2 heterocycles. The monoisotopic (exact) mass is 434 g/mol. The third-order valence-corrected chi connectivity index (χ3v) is 5.35. The largest absolute Gasteiger partial charge is 0.493 e. The van der Waals surface area contributed by atoms with E-state index in [2.05, 4.69) is 31.2 Å². The van der Waals surface area contributed by atoms with Crippen LogP contribution in [0, 0.1) is 5.82 Å². The summed E-state index contributed by atoms with van der Waals surface area (Å²) in [7, 11) is 3.18. The first-order valence-electron chi connectivity index (χ1n) is 7.51. The van der Waals surface area contributed by atoms with Crippen LogP contribution in [0.2, 0.25) is 0 Å². The Morgan fingerprint density at radius 2 is 1.77 bits per heavy atom. The van der Waals surface area contributed by atoms with Crippen LogP contribution in [0.25, 0.3) is 26.9 Å². The van der Waals surface area contributed by atoms with Gasteiger partial charge in [0.1, 0.15) is 10.8 Å². The Hall–Kier alpha value is -2.52. The van der Waals surface area contributed by atoms with Crippen LogP contribution in [-0.2, 0) is 0 Å². The zero-order chi connectivity index (χ0) is 18.3. The van der Waals surface area contributed by atoms with Crippen LogP contribution in [0.4, 0.5) is 4.39 Å². The zero-order valence-electron chi connectivity index (χ0n) is 13.7. The molecule has 4 rings (SSSR count). The molecule has 2 aromatic heterocycles. The number of fused-ring (bicyclic) bond motifs is 1. The molecule has 0 aliphatic carbocycles. The molecule has 0 spiro atoms. The number of methoxy groups -OCH3 is 2. The van der Waals surface area contributed by atoms with Crippen molar-refractivity contribution in [1.29, 1.82) is 0 Å². The topological polar surface area (TPSA) is 61.5 Å². The summed E-state index contributed by atoms with van der Waals surface area (Å²) in [5.41, 5.74) is 1.60. The molecule has 2 aromatic carbocycles. The van der Waals surface area contributed by atoms with Crippen molar-refractivity contribution in [3.05, 3.63) is 46.7 Å². The second-order valence-electron chi connectivity index (χ2n) is 5.32. The zero-order valence-corrected chi connectivity index (χ0v) is 16.1. The van der Waals surface area contributed by atoms with Gasteiger partial charge in [-0.2, -0.15) is 9.61 Å². The van der Waals surface area contributed by atoms with Gasteiger partial charge in [0.25, 0.3) is 0 Å². The third-order valence-electron chi connectivity index (χ3n) is 3.80. The molecule has 0 aliphatic rings. The van der Waals surface area contributed by atoms with Crippen molar-refractivity contribution in [1.82, 2.24) is 19.8 Å². The van der Waals surface area contributed by atoms with E-state index < -0.39 is 0 Å². The minimum absolute atomic E-state index is 0.334. The van der Waals surface area contributed by atoms with Gasteiger partial charge in [0.15, 0.2) is 17.3 Å². The summed E-state index contributed by atoms with van der Waals surface area (Å²) >= 11 is 4.59. The minimum Gasteiger partial charge on any atom is -0.493 e. The lowest BCUT2D eigenvalue weighted by molar-refractivity contribution is 0.355. The van der Waals surface area contributed by atoms with Crippen LogP contribution in [-0.4, -0.2) is 34.0 Å². The Morgan fingerprint density at radius 3 is 2.50 bits per heavy atom. The van der Waals surface area contributed by atoms with E-state index in [-0.39, 0.29) is 5.82 Å². The van der Waals surface area contributed by atoms with Gasteiger partial charge < -0.3 is 9.47 Å². The Bertz CT molecular complexity index is 1110. The number of nitrogens with zero attached hydrogens (tertiary/aromatic N) is 4. The second kappa shape index (κ2) is 6.65. The number of aromatic nitrogens is 4. The molecule has 0 N–H and O–H groups in total. The maximum Gasteiger partial charge on any atom is 0.235 e. The van der Waals surface area contributed by atoms with Crippen molar-refractivity contribution < 1.29 is 13.9 Å². The number of rotatable bonds is 4. The highest BCUT2D eigenvalue weighted by Crippen LogP contribution is 2.35. The fourth-order valence-corrected chi connectivity index (χ4v) is 3.73. The van der Waals surface area contributed by atoms with Crippen LogP contribution in [0.5, 0.6) is 11.5 Å². The minimum atomic E-state index is -0.334. The summed E-state index contributed by atoms with van der Waals surface area (Å²) in [6.07, 6.45) is 0. The SMILES string of the molecule is COc1ccc(-c2nn3c(-c4ccc(F)c(Br)c4)nnc3s2)cc1OC. The van der Waals surface area contributed by atoms with Gasteiger partial charge >= 0.3 is 0 Å². The van der Waals surface area contributed by atoms with Crippen LogP contribution < -0.4 is 9.47 Å². The molecular weight excluding hydrogens is 423 g/mol. The number of hydrogen-bond acceptors (Lipinski definition) is 6. The molecule has 132 valence electrons. The van der Waals surface area contributed by atoms with E-state index in [0.29, 0.717) is 26.8 Å². The summed E-state index contributed by atoms with van der Waals surface area (Å²) in [4.78, 5) is 0.644. The summed E-state index contributed by atoms with van der Waals surface area (Å²) in [5.74, 6) is 1.48. The molecule has 9 heteroatoms. The fourth-order valence-electron chi connectivity index (χ4n) is 2.52. The van der Waals surface area contributed by atoms with Crippen LogP contribution in [0.1, 0.15) is 0 Å². The molecule has 0 atom stereocenters. The first-order valence-corrected chi connectivity index (χ1v) is 9.11.